The Labute approximate surface area is 121 Å². The van der Waals surface area contributed by atoms with Gasteiger partial charge in [-0.05, 0) is 45.6 Å². The number of carboxylic acids is 1. The van der Waals surface area contributed by atoms with E-state index in [-0.39, 0.29) is 0 Å². The van der Waals surface area contributed by atoms with E-state index in [1.807, 2.05) is 0 Å². The predicted octanol–water partition coefficient (Wildman–Crippen LogP) is 1.47. The Morgan fingerprint density at radius 2 is 2.20 bits per heavy atom. The van der Waals surface area contributed by atoms with Crippen molar-refractivity contribution in [1.29, 1.82) is 0 Å². The van der Waals surface area contributed by atoms with Crippen LogP contribution in [0.4, 0.5) is 0 Å². The Morgan fingerprint density at radius 1 is 1.50 bits per heavy atom. The van der Waals surface area contributed by atoms with Crippen LogP contribution in [-0.4, -0.2) is 59.9 Å². The van der Waals surface area contributed by atoms with Crippen molar-refractivity contribution in [3.8, 4) is 0 Å². The van der Waals surface area contributed by atoms with Crippen LogP contribution in [0.3, 0.4) is 0 Å². The average molecular weight is 284 g/mol. The molecule has 5 nitrogen and oxygen atoms in total. The summed E-state index contributed by atoms with van der Waals surface area (Å²) >= 11 is 0. The summed E-state index contributed by atoms with van der Waals surface area (Å²) < 4.78 is 5.25. The molecular weight excluding hydrogens is 256 g/mol. The highest BCUT2D eigenvalue weighted by Gasteiger charge is 2.49. The van der Waals surface area contributed by atoms with Crippen molar-refractivity contribution in [2.75, 3.05) is 20.3 Å². The summed E-state index contributed by atoms with van der Waals surface area (Å²) in [7, 11) is 1.72. The second kappa shape index (κ2) is 6.41. The smallest absolute Gasteiger partial charge is 0.323 e. The first-order valence-corrected chi connectivity index (χ1v) is 7.78. The van der Waals surface area contributed by atoms with Crippen LogP contribution in [-0.2, 0) is 9.53 Å². The van der Waals surface area contributed by atoms with E-state index < -0.39 is 11.5 Å². The molecule has 116 valence electrons. The Hall–Kier alpha value is -0.650. The predicted molar refractivity (Wildman–Crippen MR) is 77.9 cm³/mol. The molecule has 0 saturated heterocycles. The van der Waals surface area contributed by atoms with Crippen molar-refractivity contribution in [3.05, 3.63) is 0 Å². The summed E-state index contributed by atoms with van der Waals surface area (Å²) in [5.74, 6) is -0.678. The molecule has 3 atom stereocenters. The Kier molecular flexibility index (Phi) is 5.04. The van der Waals surface area contributed by atoms with E-state index in [1.54, 1.807) is 7.11 Å². The van der Waals surface area contributed by atoms with Crippen LogP contribution in [0, 0.1) is 0 Å². The number of carboxylic acid groups (broad SMARTS) is 1. The third-order valence-electron chi connectivity index (χ3n) is 4.76. The lowest BCUT2D eigenvalue weighted by atomic mass is 9.96. The summed E-state index contributed by atoms with van der Waals surface area (Å²) in [5.41, 5.74) is -0.702. The van der Waals surface area contributed by atoms with Crippen molar-refractivity contribution in [3.63, 3.8) is 0 Å². The molecular formula is C15H28N2O3. The Morgan fingerprint density at radius 3 is 2.70 bits per heavy atom. The average Bonchev–Trinajstić information content (AvgIpc) is 3.10. The third kappa shape index (κ3) is 3.32. The van der Waals surface area contributed by atoms with E-state index in [1.165, 1.54) is 0 Å². The minimum Gasteiger partial charge on any atom is -0.480 e. The van der Waals surface area contributed by atoms with Crippen LogP contribution in [0.25, 0.3) is 0 Å². The highest BCUT2D eigenvalue weighted by molar-refractivity contribution is 5.79. The van der Waals surface area contributed by atoms with E-state index in [9.17, 15) is 9.90 Å². The number of nitrogens with one attached hydrogen (secondary N) is 1. The van der Waals surface area contributed by atoms with Gasteiger partial charge in [0.1, 0.15) is 5.54 Å². The second-order valence-electron chi connectivity index (χ2n) is 6.34. The van der Waals surface area contributed by atoms with Gasteiger partial charge in [-0.1, -0.05) is 6.92 Å². The molecule has 2 aliphatic rings. The standard InChI is InChI=1S/C15H28N2O3/c1-4-17(11(2)10-20-3)13-7-8-15(9-13,14(18)19)16-12-5-6-12/h11-13,16H,4-10H2,1-3H3,(H,18,19). The maximum atomic E-state index is 11.7. The second-order valence-corrected chi connectivity index (χ2v) is 6.34. The third-order valence-corrected chi connectivity index (χ3v) is 4.76. The first-order chi connectivity index (χ1) is 9.52. The van der Waals surface area contributed by atoms with E-state index in [0.29, 0.717) is 31.2 Å². The molecule has 0 radical (unpaired) electrons. The largest absolute Gasteiger partial charge is 0.480 e. The molecule has 0 aromatic carbocycles. The number of aliphatic carboxylic acids is 1. The van der Waals surface area contributed by atoms with Gasteiger partial charge in [-0.25, -0.2) is 0 Å². The molecule has 0 bridgehead atoms. The molecule has 3 unspecified atom stereocenters. The van der Waals surface area contributed by atoms with E-state index in [4.69, 9.17) is 4.74 Å². The Bertz CT molecular complexity index is 346. The lowest BCUT2D eigenvalue weighted by molar-refractivity contribution is -0.145. The van der Waals surface area contributed by atoms with E-state index in [2.05, 4.69) is 24.1 Å². The fourth-order valence-corrected chi connectivity index (χ4v) is 3.57. The molecule has 0 aliphatic heterocycles. The van der Waals surface area contributed by atoms with Crippen molar-refractivity contribution >= 4 is 5.97 Å². The monoisotopic (exact) mass is 284 g/mol. The van der Waals surface area contributed by atoms with Gasteiger partial charge in [0.25, 0.3) is 0 Å². The molecule has 0 spiro atoms. The number of methoxy groups -OCH3 is 1. The van der Waals surface area contributed by atoms with Crippen molar-refractivity contribution in [2.45, 2.75) is 69.6 Å². The highest BCUT2D eigenvalue weighted by atomic mass is 16.5. The van der Waals surface area contributed by atoms with Crippen LogP contribution in [0.15, 0.2) is 0 Å². The molecule has 20 heavy (non-hydrogen) atoms. The number of hydrogen-bond acceptors (Lipinski definition) is 4. The zero-order valence-corrected chi connectivity index (χ0v) is 12.9. The van der Waals surface area contributed by atoms with Crippen molar-refractivity contribution in [1.82, 2.24) is 10.2 Å². The summed E-state index contributed by atoms with van der Waals surface area (Å²) in [5, 5.41) is 13.0. The fraction of sp³-hybridized carbons (Fsp3) is 0.933. The lowest BCUT2D eigenvalue weighted by Crippen LogP contribution is -2.53. The van der Waals surface area contributed by atoms with Gasteiger partial charge in [-0.3, -0.25) is 15.0 Å². The lowest BCUT2D eigenvalue weighted by Gasteiger charge is -2.34. The first-order valence-electron chi connectivity index (χ1n) is 7.78. The van der Waals surface area contributed by atoms with E-state index >= 15 is 0 Å². The number of likely N-dealkylation sites (N-methyl/N-ethyl adjacent to an activating group) is 1. The molecule has 0 heterocycles. The van der Waals surface area contributed by atoms with Gasteiger partial charge < -0.3 is 9.84 Å². The maximum Gasteiger partial charge on any atom is 0.323 e. The van der Waals surface area contributed by atoms with Crippen LogP contribution in [0.2, 0.25) is 0 Å². The van der Waals surface area contributed by atoms with Crippen LogP contribution >= 0.6 is 0 Å². The van der Waals surface area contributed by atoms with Crippen molar-refractivity contribution in [2.24, 2.45) is 0 Å². The van der Waals surface area contributed by atoms with Crippen molar-refractivity contribution < 1.29 is 14.6 Å². The minimum absolute atomic E-state index is 0.334. The minimum atomic E-state index is -0.702. The van der Waals surface area contributed by atoms with Gasteiger partial charge in [0.05, 0.1) is 6.61 Å². The number of carbonyl (C=O) groups is 1. The van der Waals surface area contributed by atoms with Gasteiger partial charge in [-0.15, -0.1) is 0 Å². The highest BCUT2D eigenvalue weighted by Crippen LogP contribution is 2.37. The summed E-state index contributed by atoms with van der Waals surface area (Å²) in [6.07, 6.45) is 4.64. The SMILES string of the molecule is CCN(C(C)COC)C1CCC(NC2CC2)(C(=O)O)C1. The first kappa shape index (κ1) is 15.7. The number of nitrogens with zero attached hydrogens (tertiary/aromatic N) is 1. The van der Waals surface area contributed by atoms with Crippen LogP contribution in [0.1, 0.15) is 46.0 Å². The molecule has 5 heteroatoms. The summed E-state index contributed by atoms with van der Waals surface area (Å²) in [6.45, 7) is 5.93. The number of ether oxygens (including phenoxy) is 1. The summed E-state index contributed by atoms with van der Waals surface area (Å²) in [6, 6.07) is 1.10. The van der Waals surface area contributed by atoms with Gasteiger partial charge in [0, 0.05) is 25.2 Å². The van der Waals surface area contributed by atoms with Gasteiger partial charge >= 0.3 is 5.97 Å². The molecule has 0 aromatic rings. The quantitative estimate of drug-likeness (QED) is 0.707. The van der Waals surface area contributed by atoms with Gasteiger partial charge in [0.2, 0.25) is 0 Å². The number of rotatable bonds is 8. The number of hydrogen-bond donors (Lipinski definition) is 2. The summed E-state index contributed by atoms with van der Waals surface area (Å²) in [4.78, 5) is 14.1. The topological polar surface area (TPSA) is 61.8 Å². The molecule has 0 aromatic heterocycles. The zero-order valence-electron chi connectivity index (χ0n) is 12.9. The van der Waals surface area contributed by atoms with Crippen LogP contribution < -0.4 is 5.32 Å². The van der Waals surface area contributed by atoms with Crippen LogP contribution in [0.5, 0.6) is 0 Å². The maximum absolute atomic E-state index is 11.7. The zero-order chi connectivity index (χ0) is 14.8. The molecule has 2 aliphatic carbocycles. The molecule has 2 saturated carbocycles. The Balaban J connectivity index is 2.02. The van der Waals surface area contributed by atoms with E-state index in [0.717, 1.165) is 32.2 Å². The molecule has 0 amide bonds. The normalized spacial score (nSPS) is 31.7. The molecule has 2 fully saturated rings. The molecule has 2 rings (SSSR count). The van der Waals surface area contributed by atoms with Gasteiger partial charge in [-0.2, -0.15) is 0 Å². The molecule has 2 N–H and O–H groups in total. The van der Waals surface area contributed by atoms with Gasteiger partial charge in [0.15, 0.2) is 0 Å². The fourth-order valence-electron chi connectivity index (χ4n) is 3.57.